The number of hydrogen-bond donors (Lipinski definition) is 0. The lowest BCUT2D eigenvalue weighted by Gasteiger charge is -2.54. The van der Waals surface area contributed by atoms with Gasteiger partial charge in [-0.1, -0.05) is 0 Å². The van der Waals surface area contributed by atoms with Crippen LogP contribution in [0, 0.1) is 13.8 Å². The van der Waals surface area contributed by atoms with E-state index in [-0.39, 0.29) is 11.0 Å². The molecule has 148 valence electrons. The van der Waals surface area contributed by atoms with Crippen molar-refractivity contribution in [1.29, 1.82) is 0 Å². The number of piperidine rings is 1. The van der Waals surface area contributed by atoms with Crippen LogP contribution in [0.1, 0.15) is 35.8 Å². The first kappa shape index (κ1) is 20.3. The molecule has 29 heavy (non-hydrogen) atoms. The van der Waals surface area contributed by atoms with E-state index in [0.29, 0.717) is 18.7 Å². The van der Waals surface area contributed by atoms with Crippen molar-refractivity contribution in [3.8, 4) is 0 Å². The third-order valence-electron chi connectivity index (χ3n) is 5.79. The second-order valence-corrected chi connectivity index (χ2v) is 10.9. The molecule has 0 N–H and O–H groups in total. The molecule has 8 nitrogen and oxygen atoms in total. The molecule has 13 heteroatoms. The number of fused-ring (bicyclic) bond motifs is 1. The fraction of sp³-hybridized carbons (Fsp3) is 0.438. The molecule has 0 aromatic carbocycles. The van der Waals surface area contributed by atoms with Crippen LogP contribution in [0.25, 0.3) is 5.65 Å². The first-order valence-electron chi connectivity index (χ1n) is 9.70. The van der Waals surface area contributed by atoms with Crippen LogP contribution in [-0.4, -0.2) is 74.4 Å². The Morgan fingerprint density at radius 2 is 1.79 bits per heavy atom. The van der Waals surface area contributed by atoms with E-state index < -0.39 is 20.7 Å². The molecule has 1 aliphatic rings. The van der Waals surface area contributed by atoms with E-state index in [1.165, 1.54) is 11.8 Å². The van der Waals surface area contributed by atoms with Gasteiger partial charge >= 0.3 is 0 Å². The zero-order valence-corrected chi connectivity index (χ0v) is 18.5. The lowest BCUT2D eigenvalue weighted by molar-refractivity contribution is 0.203. The Labute approximate surface area is 174 Å². The highest BCUT2D eigenvalue weighted by atomic mass is 32.2. The van der Waals surface area contributed by atoms with Crippen molar-refractivity contribution in [2.45, 2.75) is 48.4 Å². The van der Waals surface area contributed by atoms with E-state index >= 15 is 0 Å². The van der Waals surface area contributed by atoms with Gasteiger partial charge in [-0.25, -0.2) is 27.2 Å². The Hall–Kier alpha value is -2.00. The standard InChI is InChI=1S/C16H23B4N5O3S/c1-9-3-13-22-8-23-24(13)7-12(9)11-4-15(17,18)25(16(19,20)5-11)29(26,27)14-6-21-10(2)28-14/h3,6-8,11H,4-5,17-20H2,1-2H3. The van der Waals surface area contributed by atoms with Crippen LogP contribution in [-0.2, 0) is 10.0 Å². The highest BCUT2D eigenvalue weighted by Gasteiger charge is 2.52. The van der Waals surface area contributed by atoms with Crippen molar-refractivity contribution in [2.75, 3.05) is 0 Å². The van der Waals surface area contributed by atoms with Gasteiger partial charge in [0.1, 0.15) is 37.7 Å². The number of pyridine rings is 1. The van der Waals surface area contributed by atoms with Crippen LogP contribution in [0.4, 0.5) is 0 Å². The smallest absolute Gasteiger partial charge is 0.276 e. The molecular formula is C16H23B4N5O3S. The average molecular weight is 409 g/mol. The van der Waals surface area contributed by atoms with E-state index in [1.54, 1.807) is 22.1 Å². The summed E-state index contributed by atoms with van der Waals surface area (Å²) in [5, 5.41) is 2.93. The molecule has 0 aliphatic carbocycles. The van der Waals surface area contributed by atoms with Gasteiger partial charge in [-0.05, 0) is 53.6 Å². The fourth-order valence-corrected chi connectivity index (χ4v) is 7.13. The lowest BCUT2D eigenvalue weighted by Crippen LogP contribution is -2.68. The van der Waals surface area contributed by atoms with Crippen molar-refractivity contribution in [1.82, 2.24) is 23.9 Å². The van der Waals surface area contributed by atoms with Crippen LogP contribution < -0.4 is 0 Å². The third kappa shape index (κ3) is 3.34. The topological polar surface area (TPSA) is 93.6 Å². The molecule has 0 spiro atoms. The normalized spacial score (nSPS) is 20.2. The second kappa shape index (κ2) is 6.50. The van der Waals surface area contributed by atoms with Gasteiger partial charge in [-0.3, -0.25) is 0 Å². The number of sulfonamides is 1. The molecular weight excluding hydrogens is 386 g/mol. The van der Waals surface area contributed by atoms with Gasteiger partial charge in [0.15, 0.2) is 11.5 Å². The van der Waals surface area contributed by atoms with Crippen molar-refractivity contribution in [3.63, 3.8) is 0 Å². The minimum Gasteiger partial charge on any atom is -0.428 e. The van der Waals surface area contributed by atoms with E-state index in [1.807, 2.05) is 43.6 Å². The summed E-state index contributed by atoms with van der Waals surface area (Å²) in [6.45, 7) is 3.72. The summed E-state index contributed by atoms with van der Waals surface area (Å²) >= 11 is 0. The molecule has 1 aliphatic heterocycles. The second-order valence-electron chi connectivity index (χ2n) is 9.17. The van der Waals surface area contributed by atoms with Crippen LogP contribution in [0.15, 0.2) is 34.3 Å². The van der Waals surface area contributed by atoms with Crippen molar-refractivity contribution >= 4 is 47.1 Å². The summed E-state index contributed by atoms with van der Waals surface area (Å²) in [4.78, 5) is 8.23. The summed E-state index contributed by atoms with van der Waals surface area (Å²) < 4.78 is 35.7. The van der Waals surface area contributed by atoms with Gasteiger partial charge < -0.3 is 4.42 Å². The third-order valence-corrected chi connectivity index (χ3v) is 7.96. The molecule has 0 amide bonds. The van der Waals surface area contributed by atoms with Crippen LogP contribution in [0.5, 0.6) is 0 Å². The lowest BCUT2D eigenvalue weighted by atomic mass is 9.46. The molecule has 0 bridgehead atoms. The predicted molar refractivity (Wildman–Crippen MR) is 120 cm³/mol. The molecule has 0 atom stereocenters. The SMILES string of the molecule is BC1(B)CC(c2cn3ncnc3cc2C)CC(B)(B)N1S(=O)(=O)c1cnc(C)o1. The molecule has 4 heterocycles. The van der Waals surface area contributed by atoms with Gasteiger partial charge in [-0.15, -0.1) is 0 Å². The van der Waals surface area contributed by atoms with Gasteiger partial charge in [0.25, 0.3) is 15.1 Å². The largest absolute Gasteiger partial charge is 0.428 e. The highest BCUT2D eigenvalue weighted by Crippen LogP contribution is 2.44. The molecule has 1 fully saturated rings. The maximum Gasteiger partial charge on any atom is 0.276 e. The van der Waals surface area contributed by atoms with Crippen LogP contribution >= 0.6 is 0 Å². The van der Waals surface area contributed by atoms with Gasteiger partial charge in [0, 0.05) is 13.1 Å². The van der Waals surface area contributed by atoms with E-state index in [0.717, 1.165) is 11.2 Å². The van der Waals surface area contributed by atoms with Gasteiger partial charge in [-0.2, -0.15) is 5.10 Å². The van der Waals surface area contributed by atoms with Gasteiger partial charge in [0.2, 0.25) is 0 Å². The maximum atomic E-state index is 13.5. The van der Waals surface area contributed by atoms with Crippen molar-refractivity contribution in [2.24, 2.45) is 0 Å². The maximum absolute atomic E-state index is 13.5. The number of nitrogens with zero attached hydrogens (tertiary/aromatic N) is 5. The van der Waals surface area contributed by atoms with E-state index in [4.69, 9.17) is 4.42 Å². The number of hydrogen-bond acceptors (Lipinski definition) is 6. The first-order chi connectivity index (χ1) is 13.4. The number of rotatable bonds is 3. The predicted octanol–water partition coefficient (Wildman–Crippen LogP) is -2.26. The molecule has 4 rings (SSSR count). The zero-order chi connectivity index (χ0) is 21.2. The first-order valence-corrected chi connectivity index (χ1v) is 11.1. The van der Waals surface area contributed by atoms with Crippen LogP contribution in [0.2, 0.25) is 0 Å². The summed E-state index contributed by atoms with van der Waals surface area (Å²) in [5.74, 6) is 0.530. The molecule has 3 aromatic rings. The zero-order valence-electron chi connectivity index (χ0n) is 17.7. The highest BCUT2D eigenvalue weighted by molar-refractivity contribution is 7.89. The number of oxazole rings is 1. The van der Waals surface area contributed by atoms with E-state index in [2.05, 4.69) is 22.0 Å². The Bertz CT molecular complexity index is 1170. The summed E-state index contributed by atoms with van der Waals surface area (Å²) in [7, 11) is 4.09. The quantitative estimate of drug-likeness (QED) is 0.454. The van der Waals surface area contributed by atoms with Crippen molar-refractivity contribution < 1.29 is 12.8 Å². The average Bonchev–Trinajstić information content (AvgIpc) is 3.19. The minimum atomic E-state index is -3.82. The Balaban J connectivity index is 1.76. The molecule has 0 unspecified atom stereocenters. The summed E-state index contributed by atoms with van der Waals surface area (Å²) in [5.41, 5.74) is 3.13. The Morgan fingerprint density at radius 1 is 1.14 bits per heavy atom. The van der Waals surface area contributed by atoms with Gasteiger partial charge in [0.05, 0.1) is 6.20 Å². The molecule has 0 radical (unpaired) electrons. The number of aromatic nitrogens is 4. The molecule has 0 saturated carbocycles. The molecule has 1 saturated heterocycles. The fourth-order valence-electron chi connectivity index (χ4n) is 5.08. The van der Waals surface area contributed by atoms with Crippen LogP contribution in [0.3, 0.4) is 0 Å². The minimum absolute atomic E-state index is 0.102. The Kier molecular flexibility index (Phi) is 4.55. The monoisotopic (exact) mass is 409 g/mol. The number of aryl methyl sites for hydroxylation is 2. The van der Waals surface area contributed by atoms with Crippen molar-refractivity contribution in [3.05, 3.63) is 41.8 Å². The summed E-state index contributed by atoms with van der Waals surface area (Å²) in [6.07, 6.45) is 6.23. The molecule has 3 aromatic heterocycles. The van der Waals surface area contributed by atoms with E-state index in [9.17, 15) is 8.42 Å². The Morgan fingerprint density at radius 3 is 2.38 bits per heavy atom. The summed E-state index contributed by atoms with van der Waals surface area (Å²) in [6, 6.07) is 2.03.